The molecule has 3 atom stereocenters. The van der Waals surface area contributed by atoms with Gasteiger partial charge in [0.25, 0.3) is 5.91 Å². The van der Waals surface area contributed by atoms with Crippen LogP contribution in [0, 0.1) is 17.2 Å². The van der Waals surface area contributed by atoms with Gasteiger partial charge >= 0.3 is 10.6 Å². The van der Waals surface area contributed by atoms with E-state index in [0.717, 1.165) is 0 Å². The third kappa shape index (κ3) is 7.89. The van der Waals surface area contributed by atoms with Crippen LogP contribution >= 0.6 is 24.4 Å². The van der Waals surface area contributed by atoms with Crippen LogP contribution in [0.25, 0.3) is 0 Å². The Morgan fingerprint density at radius 3 is 2.09 bits per heavy atom. The molecule has 2 fully saturated rings. The van der Waals surface area contributed by atoms with Crippen molar-refractivity contribution in [3.63, 3.8) is 0 Å². The zero-order chi connectivity index (χ0) is 32.3. The predicted molar refractivity (Wildman–Crippen MR) is 167 cm³/mol. The van der Waals surface area contributed by atoms with E-state index in [0.29, 0.717) is 34.7 Å². The minimum Gasteiger partial charge on any atom is -0.481 e. The van der Waals surface area contributed by atoms with Crippen molar-refractivity contribution in [2.24, 2.45) is 5.92 Å². The van der Waals surface area contributed by atoms with E-state index in [2.05, 4.69) is 28.4 Å². The van der Waals surface area contributed by atoms with Crippen molar-refractivity contribution in [1.29, 1.82) is 5.26 Å². The Balaban J connectivity index is 0.000000372. The van der Waals surface area contributed by atoms with Gasteiger partial charge in [-0.1, -0.05) is 68.9 Å². The number of hydrogen-bond acceptors (Lipinski definition) is 10. The number of methoxy groups -OCH3 is 1. The maximum atomic E-state index is 13.4. The van der Waals surface area contributed by atoms with Crippen LogP contribution in [0.2, 0.25) is 0 Å². The van der Waals surface area contributed by atoms with Crippen LogP contribution in [0.3, 0.4) is 0 Å². The Labute approximate surface area is 265 Å². The van der Waals surface area contributed by atoms with E-state index in [-0.39, 0.29) is 18.9 Å². The lowest BCUT2D eigenvalue weighted by Crippen LogP contribution is -2.63. The van der Waals surface area contributed by atoms with E-state index >= 15 is 0 Å². The summed E-state index contributed by atoms with van der Waals surface area (Å²) >= 11 is 4.08. The highest BCUT2D eigenvalue weighted by atomic mass is 32.2. The fraction of sp³-hybridized carbons (Fsp3) is 0.290. The number of fused-ring (bicyclic) bond motifs is 1. The number of nitrogens with zero attached hydrogens (tertiary/aromatic N) is 4. The quantitative estimate of drug-likeness (QED) is 0.272. The van der Waals surface area contributed by atoms with Gasteiger partial charge in [0, 0.05) is 25.7 Å². The summed E-state index contributed by atoms with van der Waals surface area (Å²) in [5, 5.41) is 8.56. The van der Waals surface area contributed by atoms with Gasteiger partial charge in [-0.15, -0.1) is 0 Å². The second-order valence-corrected chi connectivity index (χ2v) is 10.8. The number of piperazine rings is 1. The number of para-hydroxylation sites is 2. The highest BCUT2D eigenvalue weighted by Crippen LogP contribution is 2.54. The molecule has 2 aromatic carbocycles. The van der Waals surface area contributed by atoms with Crippen LogP contribution < -0.4 is 14.2 Å². The van der Waals surface area contributed by atoms with E-state index in [1.165, 1.54) is 30.2 Å². The molecule has 0 spiro atoms. The number of carbonyl (C=O) groups is 4. The first kappa shape index (κ1) is 34.0. The lowest BCUT2D eigenvalue weighted by molar-refractivity contribution is -0.156. The van der Waals surface area contributed by atoms with Crippen molar-refractivity contribution in [2.45, 2.75) is 31.2 Å². The van der Waals surface area contributed by atoms with Crippen LogP contribution in [0.5, 0.6) is 17.4 Å². The minimum atomic E-state index is -1.58. The normalized spacial score (nSPS) is 20.1. The molecular weight excluding hydrogens is 604 g/mol. The molecule has 0 saturated carbocycles. The van der Waals surface area contributed by atoms with Crippen LogP contribution in [0.4, 0.5) is 9.59 Å². The fourth-order valence-corrected chi connectivity index (χ4v) is 6.10. The number of thiol groups is 1. The van der Waals surface area contributed by atoms with Gasteiger partial charge in [-0.2, -0.15) is 5.26 Å². The van der Waals surface area contributed by atoms with Gasteiger partial charge in [0.05, 0.1) is 31.7 Å². The number of likely N-dealkylation sites (N-methyl/N-ethyl adjacent to an activating group) is 1. The standard InChI is InChI=1S/C22H20N4O5S.C7H6O2S.C2H6/c1-25-13-18(27)26-19(14-8-9-17(30-2)24-12-14)15(11-23)10-22(26,20(25)28)32-21(29)31-16-6-4-3-5-7-16;8-7(10)9-6-4-2-1-3-5-6;1-2/h3-9,12,15,19H,10,13H2,1-2H3;1-5H,(H,8,10);1-2H3/t15?,19-,22-;;/m0../s1. The molecule has 13 heteroatoms. The molecule has 0 radical (unpaired) electrons. The zero-order valence-electron chi connectivity index (χ0n) is 24.6. The van der Waals surface area contributed by atoms with E-state index in [1.807, 2.05) is 19.9 Å². The second kappa shape index (κ2) is 15.8. The first-order chi connectivity index (χ1) is 21.2. The Hall–Kier alpha value is -4.54. The predicted octanol–water partition coefficient (Wildman–Crippen LogP) is 5.75. The number of benzene rings is 2. The van der Waals surface area contributed by atoms with E-state index in [1.54, 1.807) is 66.7 Å². The number of thioether (sulfide) groups is 1. The molecule has 44 heavy (non-hydrogen) atoms. The number of aromatic nitrogens is 1. The highest BCUT2D eigenvalue weighted by Gasteiger charge is 2.63. The monoisotopic (exact) mass is 636 g/mol. The van der Waals surface area contributed by atoms with E-state index < -0.39 is 33.3 Å². The maximum Gasteiger partial charge on any atom is 0.375 e. The average molecular weight is 637 g/mol. The van der Waals surface area contributed by atoms with Gasteiger partial charge in [0.1, 0.15) is 11.5 Å². The first-order valence-corrected chi connectivity index (χ1v) is 14.8. The van der Waals surface area contributed by atoms with Crippen LogP contribution in [-0.2, 0) is 9.59 Å². The van der Waals surface area contributed by atoms with Crippen LogP contribution in [-0.4, -0.2) is 62.8 Å². The Bertz CT molecular complexity index is 1490. The summed E-state index contributed by atoms with van der Waals surface area (Å²) in [6.07, 6.45) is 1.51. The van der Waals surface area contributed by atoms with Crippen molar-refractivity contribution in [2.75, 3.05) is 20.7 Å². The molecular formula is C31H32N4O7S2. The molecule has 0 N–H and O–H groups in total. The number of pyridine rings is 1. The topological polar surface area (TPSA) is 139 Å². The number of carbonyl (C=O) groups excluding carboxylic acids is 4. The molecule has 2 aliphatic heterocycles. The molecule has 1 unspecified atom stereocenters. The molecule has 3 aromatic rings. The van der Waals surface area contributed by atoms with Crippen molar-refractivity contribution < 1.29 is 33.4 Å². The van der Waals surface area contributed by atoms with Crippen molar-refractivity contribution >= 4 is 46.8 Å². The van der Waals surface area contributed by atoms with Gasteiger partial charge < -0.3 is 24.0 Å². The van der Waals surface area contributed by atoms with Gasteiger partial charge in [0.2, 0.25) is 11.8 Å². The summed E-state index contributed by atoms with van der Waals surface area (Å²) in [6, 6.07) is 22.1. The SMILES string of the molecule is CC.COc1ccc([C@H]2C(C#N)C[C@]3(SC(=O)Oc4ccccc4)C(=O)N(C)CC(=O)N23)cn1.O=C(S)Oc1ccccc1. The van der Waals surface area contributed by atoms with Crippen molar-refractivity contribution in [1.82, 2.24) is 14.8 Å². The molecule has 2 saturated heterocycles. The summed E-state index contributed by atoms with van der Waals surface area (Å²) in [7, 11) is 2.99. The lowest BCUT2D eigenvalue weighted by atomic mass is 9.95. The summed E-state index contributed by atoms with van der Waals surface area (Å²) < 4.78 is 15.1. The van der Waals surface area contributed by atoms with Gasteiger partial charge in [0.15, 0.2) is 4.87 Å². The van der Waals surface area contributed by atoms with E-state index in [9.17, 15) is 24.4 Å². The van der Waals surface area contributed by atoms with Gasteiger partial charge in [-0.05, 0) is 41.6 Å². The zero-order valence-corrected chi connectivity index (χ0v) is 26.3. The molecule has 0 aliphatic carbocycles. The van der Waals surface area contributed by atoms with Crippen LogP contribution in [0.15, 0.2) is 79.0 Å². The van der Waals surface area contributed by atoms with Gasteiger partial charge in [-0.3, -0.25) is 9.59 Å². The van der Waals surface area contributed by atoms with Crippen LogP contribution in [0.1, 0.15) is 31.9 Å². The molecule has 5 rings (SSSR count). The minimum absolute atomic E-state index is 0.0103. The van der Waals surface area contributed by atoms with Crippen molar-refractivity contribution in [3.05, 3.63) is 84.6 Å². The number of amides is 2. The Kier molecular flexibility index (Phi) is 12.2. The number of nitriles is 1. The number of ether oxygens (including phenoxy) is 3. The third-order valence-electron chi connectivity index (χ3n) is 6.49. The van der Waals surface area contributed by atoms with Gasteiger partial charge in [-0.25, -0.2) is 14.6 Å². The Morgan fingerprint density at radius 1 is 1.00 bits per heavy atom. The molecule has 1 aromatic heterocycles. The Morgan fingerprint density at radius 2 is 1.59 bits per heavy atom. The smallest absolute Gasteiger partial charge is 0.375 e. The molecule has 2 amide bonds. The third-order valence-corrected chi connectivity index (χ3v) is 7.70. The lowest BCUT2D eigenvalue weighted by Gasteiger charge is -2.44. The summed E-state index contributed by atoms with van der Waals surface area (Å²) in [5.74, 6) is -0.277. The molecule has 3 heterocycles. The highest BCUT2D eigenvalue weighted by molar-refractivity contribution is 8.15. The fourth-order valence-electron chi connectivity index (χ4n) is 4.76. The summed E-state index contributed by atoms with van der Waals surface area (Å²) in [5.41, 5.74) is 0.585. The first-order valence-electron chi connectivity index (χ1n) is 13.6. The maximum absolute atomic E-state index is 13.4. The average Bonchev–Trinajstić information content (AvgIpc) is 3.37. The van der Waals surface area contributed by atoms with E-state index in [4.69, 9.17) is 9.47 Å². The molecule has 0 bridgehead atoms. The molecule has 230 valence electrons. The number of rotatable bonds is 5. The molecule has 2 aliphatic rings. The summed E-state index contributed by atoms with van der Waals surface area (Å²) in [6.45, 7) is 3.85. The number of hydrogen-bond donors (Lipinski definition) is 1. The van der Waals surface area contributed by atoms with Crippen molar-refractivity contribution in [3.8, 4) is 23.4 Å². The molecule has 11 nitrogen and oxygen atoms in total. The largest absolute Gasteiger partial charge is 0.481 e. The summed E-state index contributed by atoms with van der Waals surface area (Å²) in [4.78, 5) is 54.8. The second-order valence-electron chi connectivity index (χ2n) is 9.18.